The molecule has 0 radical (unpaired) electrons. The highest BCUT2D eigenvalue weighted by molar-refractivity contribution is 6.52. The number of carbonyl (C=O) groups is 7. The smallest absolute Gasteiger partial charge is 0.261 e. The third kappa shape index (κ3) is 5.34. The molecule has 14 heteroatoms. The van der Waals surface area contributed by atoms with Crippen LogP contribution in [0.4, 0.5) is 17.1 Å². The minimum atomic E-state index is -0.617. The van der Waals surface area contributed by atoms with Crippen LogP contribution in [0.2, 0.25) is 0 Å². The largest absolute Gasteiger partial charge is 0.871 e. The van der Waals surface area contributed by atoms with Crippen LogP contribution >= 0.6 is 0 Å². The monoisotopic (exact) mass is 832 g/mol. The number of imide groups is 2. The number of Topliss-reactive ketones (excluding diaryl/α,β-unsaturated/α-hetero) is 1. The zero-order chi connectivity index (χ0) is 44.8. The lowest BCUT2D eigenvalue weighted by atomic mass is 9.76. The minimum Gasteiger partial charge on any atom is -0.871 e. The second-order valence-corrected chi connectivity index (χ2v) is 18.0. The predicted molar refractivity (Wildman–Crippen MR) is 230 cm³/mol. The number of ketones is 1. The van der Waals surface area contributed by atoms with Crippen LogP contribution < -0.4 is 35.8 Å². The first kappa shape index (κ1) is 40.2. The maximum Gasteiger partial charge on any atom is 0.261 e. The van der Waals surface area contributed by atoms with Crippen molar-refractivity contribution < 1.29 is 38.7 Å². The SMILES string of the molecule is CC1N(C)c2cc(NC(=O)c3ccc4c(c3)C(=O)N(C)C4=O)c(C3=C([O-])/C(=c4\cc5c(cc4NC(=O)c4ccc6c(c4)C(=O)N(C)C6=O)=[N+](C)C(C)C5(C)C)C3=O)cc2C1(C)C. The molecule has 0 spiro atoms. The highest BCUT2D eigenvalue weighted by Crippen LogP contribution is 2.49. The third-order valence-electron chi connectivity index (χ3n) is 14.3. The number of likely N-dealkylation sites (N-methyl/N-ethyl adjacent to an activating group) is 2. The number of carbonyl (C=O) groups excluding carboxylic acids is 7. The van der Waals surface area contributed by atoms with Crippen molar-refractivity contribution in [1.82, 2.24) is 14.4 Å². The molecule has 5 aliphatic rings. The highest BCUT2D eigenvalue weighted by atomic mass is 16.3. The first-order chi connectivity index (χ1) is 29.1. The third-order valence-corrected chi connectivity index (χ3v) is 14.3. The van der Waals surface area contributed by atoms with Crippen LogP contribution in [-0.4, -0.2) is 91.3 Å². The van der Waals surface area contributed by atoms with Crippen LogP contribution in [-0.2, 0) is 15.6 Å². The summed E-state index contributed by atoms with van der Waals surface area (Å²) < 4.78 is 2.07. The Bertz CT molecular complexity index is 3070. The van der Waals surface area contributed by atoms with Crippen LogP contribution in [0.15, 0.2) is 66.4 Å². The van der Waals surface area contributed by atoms with E-state index < -0.39 is 57.8 Å². The Hall–Kier alpha value is -7.22. The highest BCUT2D eigenvalue weighted by Gasteiger charge is 2.45. The number of fused-ring (bicyclic) bond motifs is 4. The molecule has 4 aromatic rings. The molecule has 0 bridgehead atoms. The van der Waals surface area contributed by atoms with Gasteiger partial charge in [0, 0.05) is 83.0 Å². The van der Waals surface area contributed by atoms with Gasteiger partial charge < -0.3 is 20.6 Å². The molecule has 4 heterocycles. The second-order valence-electron chi connectivity index (χ2n) is 18.0. The summed E-state index contributed by atoms with van der Waals surface area (Å²) in [5.74, 6) is -4.39. The maximum atomic E-state index is 14.7. The molecule has 6 amide bonds. The van der Waals surface area contributed by atoms with Crippen molar-refractivity contribution >= 4 is 69.4 Å². The number of rotatable bonds is 5. The summed E-state index contributed by atoms with van der Waals surface area (Å²) in [7, 11) is 6.61. The number of nitrogens with one attached hydrogen (secondary N) is 2. The lowest BCUT2D eigenvalue weighted by Gasteiger charge is -2.33. The van der Waals surface area contributed by atoms with Crippen molar-refractivity contribution in [3.8, 4) is 0 Å². The molecule has 2 N–H and O–H groups in total. The Balaban J connectivity index is 1.19. The van der Waals surface area contributed by atoms with Crippen LogP contribution in [0.25, 0.3) is 11.1 Å². The van der Waals surface area contributed by atoms with E-state index in [-0.39, 0.29) is 78.8 Å². The van der Waals surface area contributed by atoms with Gasteiger partial charge in [0.25, 0.3) is 35.4 Å². The summed E-state index contributed by atoms with van der Waals surface area (Å²) in [5, 5.41) is 21.6. The van der Waals surface area contributed by atoms with E-state index in [2.05, 4.69) is 61.7 Å². The first-order valence-electron chi connectivity index (χ1n) is 20.3. The van der Waals surface area contributed by atoms with Crippen molar-refractivity contribution in [2.24, 2.45) is 0 Å². The molecular formula is C48H44N6O8. The van der Waals surface area contributed by atoms with Crippen molar-refractivity contribution in [3.05, 3.63) is 127 Å². The summed E-state index contributed by atoms with van der Waals surface area (Å²) in [4.78, 5) is 97.5. The molecule has 4 aliphatic heterocycles. The Kier molecular flexibility index (Phi) is 8.52. The first-order valence-corrected chi connectivity index (χ1v) is 20.3. The van der Waals surface area contributed by atoms with Gasteiger partial charge in [0.1, 0.15) is 7.05 Å². The van der Waals surface area contributed by atoms with E-state index in [1.807, 2.05) is 14.1 Å². The van der Waals surface area contributed by atoms with Gasteiger partial charge in [-0.3, -0.25) is 43.4 Å². The number of allylic oxidation sites excluding steroid dienone is 2. The number of nitrogens with zero attached hydrogens (tertiary/aromatic N) is 4. The normalized spacial score (nSPS) is 21.4. The van der Waals surface area contributed by atoms with Gasteiger partial charge in [0.2, 0.25) is 5.36 Å². The Morgan fingerprint density at radius 2 is 1.15 bits per heavy atom. The van der Waals surface area contributed by atoms with Crippen LogP contribution in [0.1, 0.15) is 120 Å². The number of hydrogen-bond donors (Lipinski definition) is 2. The summed E-state index contributed by atoms with van der Waals surface area (Å²) in [6.07, 6.45) is 0. The van der Waals surface area contributed by atoms with Gasteiger partial charge in [0.05, 0.1) is 39.0 Å². The molecule has 2 unspecified atom stereocenters. The number of benzene rings is 4. The lowest BCUT2D eigenvalue weighted by Crippen LogP contribution is -2.37. The quantitative estimate of drug-likeness (QED) is 0.226. The number of anilines is 3. The Labute approximate surface area is 356 Å². The molecule has 2 atom stereocenters. The number of amides is 6. The fourth-order valence-electron chi connectivity index (χ4n) is 9.53. The zero-order valence-corrected chi connectivity index (χ0v) is 36.0. The number of hydrogen-bond acceptors (Lipinski definition) is 9. The maximum absolute atomic E-state index is 14.7. The van der Waals surface area contributed by atoms with E-state index in [0.717, 1.165) is 32.0 Å². The van der Waals surface area contributed by atoms with E-state index in [1.165, 1.54) is 50.5 Å². The van der Waals surface area contributed by atoms with Gasteiger partial charge in [0.15, 0.2) is 11.8 Å². The summed E-state index contributed by atoms with van der Waals surface area (Å²) in [6, 6.07) is 15.6. The van der Waals surface area contributed by atoms with E-state index in [4.69, 9.17) is 0 Å². The molecule has 0 saturated heterocycles. The van der Waals surface area contributed by atoms with E-state index in [1.54, 1.807) is 24.3 Å². The zero-order valence-electron chi connectivity index (χ0n) is 36.0. The molecule has 314 valence electrons. The molecule has 1 aliphatic carbocycles. The molecule has 0 saturated carbocycles. The minimum absolute atomic E-state index is 0.0140. The van der Waals surface area contributed by atoms with Gasteiger partial charge in [-0.15, -0.1) is 0 Å². The van der Waals surface area contributed by atoms with Crippen LogP contribution in [0.3, 0.4) is 0 Å². The van der Waals surface area contributed by atoms with Gasteiger partial charge in [-0.2, -0.15) is 0 Å². The fourth-order valence-corrected chi connectivity index (χ4v) is 9.53. The molecule has 0 fully saturated rings. The predicted octanol–water partition coefficient (Wildman–Crippen LogP) is 3.06. The Morgan fingerprint density at radius 3 is 1.68 bits per heavy atom. The van der Waals surface area contributed by atoms with E-state index in [0.29, 0.717) is 0 Å². The van der Waals surface area contributed by atoms with Crippen LogP contribution in [0.5, 0.6) is 0 Å². The molecular weight excluding hydrogens is 789 g/mol. The summed E-state index contributed by atoms with van der Waals surface area (Å²) in [6.45, 7) is 12.4. The molecule has 62 heavy (non-hydrogen) atoms. The van der Waals surface area contributed by atoms with Gasteiger partial charge in [-0.1, -0.05) is 19.6 Å². The fraction of sp³-hybridized carbons (Fsp3) is 0.292. The lowest BCUT2D eigenvalue weighted by molar-refractivity contribution is -0.292. The molecule has 4 aromatic carbocycles. The van der Waals surface area contributed by atoms with Crippen molar-refractivity contribution in [3.63, 3.8) is 0 Å². The average molecular weight is 833 g/mol. The van der Waals surface area contributed by atoms with Gasteiger partial charge >= 0.3 is 0 Å². The van der Waals surface area contributed by atoms with Crippen LogP contribution in [0, 0.1) is 0 Å². The van der Waals surface area contributed by atoms with E-state index >= 15 is 0 Å². The molecule has 0 aromatic heterocycles. The Morgan fingerprint density at radius 1 is 0.629 bits per heavy atom. The standard InChI is InChI=1S/C48H44N6O8/c1-21-47(3,4)31-17-29(33(19-35(31)51(21)7)49-41(57)23-11-13-25-27(15-23)45(61)53(9)43(25)59)37-39(55)38(40(37)56)30-18-32-36(52(8)22(2)48(32,5)6)20-34(30)50-42(58)24-12-14-26-28(16-24)46(62)54(10)44(26)60/h11-22H,1-10H3,(H2,49,50,55,56,57,58,59,60,61,62). The summed E-state index contributed by atoms with van der Waals surface area (Å²) in [5.41, 5.74) is 2.84. The topological polar surface area (TPSA) is 179 Å². The van der Waals surface area contributed by atoms with Gasteiger partial charge in [-0.25, -0.2) is 4.58 Å². The van der Waals surface area contributed by atoms with E-state index in [9.17, 15) is 38.7 Å². The molecule has 14 nitrogen and oxygen atoms in total. The van der Waals surface area contributed by atoms with Crippen molar-refractivity contribution in [2.75, 3.05) is 43.7 Å². The molecule has 9 rings (SSSR count). The average Bonchev–Trinajstić information content (AvgIpc) is 3.73. The van der Waals surface area contributed by atoms with Crippen molar-refractivity contribution in [2.45, 2.75) is 64.5 Å². The summed E-state index contributed by atoms with van der Waals surface area (Å²) >= 11 is 0. The van der Waals surface area contributed by atoms with Crippen molar-refractivity contribution in [1.29, 1.82) is 0 Å². The van der Waals surface area contributed by atoms with Gasteiger partial charge in [-0.05, 0) is 87.9 Å². The second kappa shape index (κ2) is 13.1.